The van der Waals surface area contributed by atoms with Crippen molar-refractivity contribution >= 4 is 11.0 Å². The number of aromatic amines is 1. The van der Waals surface area contributed by atoms with E-state index >= 15 is 0 Å². The standard InChI is InChI=1S/C11H15N3O/c1-7-2-3-8-9(6-7)14-11(13-8)10(15)4-5-12/h2-3,6,10,15H,4-5,12H2,1H3,(H,13,14). The Hall–Kier alpha value is -1.39. The number of rotatable bonds is 3. The van der Waals surface area contributed by atoms with Gasteiger partial charge in [0.25, 0.3) is 0 Å². The number of aryl methyl sites for hydroxylation is 1. The number of aromatic nitrogens is 2. The van der Waals surface area contributed by atoms with E-state index in [1.165, 1.54) is 5.56 Å². The molecular formula is C11H15N3O. The first kappa shape index (κ1) is 10.1. The van der Waals surface area contributed by atoms with E-state index in [0.29, 0.717) is 18.8 Å². The maximum Gasteiger partial charge on any atom is 0.136 e. The molecule has 0 aliphatic rings. The van der Waals surface area contributed by atoms with Crippen molar-refractivity contribution < 1.29 is 5.11 Å². The summed E-state index contributed by atoms with van der Waals surface area (Å²) >= 11 is 0. The smallest absolute Gasteiger partial charge is 0.136 e. The van der Waals surface area contributed by atoms with Crippen molar-refractivity contribution in [2.24, 2.45) is 5.73 Å². The fourth-order valence-corrected chi connectivity index (χ4v) is 1.60. The number of hydrogen-bond donors (Lipinski definition) is 3. The number of imidazole rings is 1. The Morgan fingerprint density at radius 1 is 1.53 bits per heavy atom. The number of nitrogens with zero attached hydrogens (tertiary/aromatic N) is 1. The average Bonchev–Trinajstić information content (AvgIpc) is 2.60. The van der Waals surface area contributed by atoms with Crippen molar-refractivity contribution in [3.63, 3.8) is 0 Å². The van der Waals surface area contributed by atoms with Gasteiger partial charge in [0.15, 0.2) is 0 Å². The van der Waals surface area contributed by atoms with Gasteiger partial charge < -0.3 is 15.8 Å². The summed E-state index contributed by atoms with van der Waals surface area (Å²) in [6.45, 7) is 2.48. The zero-order valence-corrected chi connectivity index (χ0v) is 8.70. The second kappa shape index (κ2) is 4.00. The summed E-state index contributed by atoms with van der Waals surface area (Å²) in [4.78, 5) is 7.42. The van der Waals surface area contributed by atoms with Crippen LogP contribution in [-0.4, -0.2) is 21.6 Å². The molecule has 2 aromatic rings. The third-order valence-electron chi connectivity index (χ3n) is 2.41. The summed E-state index contributed by atoms with van der Waals surface area (Å²) in [5.74, 6) is 0.598. The Kier molecular flexibility index (Phi) is 2.70. The maximum absolute atomic E-state index is 9.72. The number of nitrogens with one attached hydrogen (secondary N) is 1. The molecule has 0 radical (unpaired) electrons. The molecule has 0 bridgehead atoms. The highest BCUT2D eigenvalue weighted by Gasteiger charge is 2.11. The molecule has 1 heterocycles. The Labute approximate surface area is 88.1 Å². The monoisotopic (exact) mass is 205 g/mol. The van der Waals surface area contributed by atoms with Gasteiger partial charge in [-0.15, -0.1) is 0 Å². The van der Waals surface area contributed by atoms with Crippen LogP contribution in [0.25, 0.3) is 11.0 Å². The number of aliphatic hydroxyl groups excluding tert-OH is 1. The molecule has 2 rings (SSSR count). The summed E-state index contributed by atoms with van der Waals surface area (Å²) in [6.07, 6.45) is -0.0681. The van der Waals surface area contributed by atoms with Crippen molar-refractivity contribution in [3.8, 4) is 0 Å². The maximum atomic E-state index is 9.72. The molecule has 0 amide bonds. The molecule has 1 aromatic heterocycles. The number of aliphatic hydroxyl groups is 1. The molecule has 0 aliphatic carbocycles. The lowest BCUT2D eigenvalue weighted by molar-refractivity contribution is 0.162. The van der Waals surface area contributed by atoms with E-state index in [0.717, 1.165) is 11.0 Å². The first-order valence-electron chi connectivity index (χ1n) is 5.05. The molecule has 4 heteroatoms. The predicted molar refractivity (Wildman–Crippen MR) is 59.5 cm³/mol. The van der Waals surface area contributed by atoms with Crippen LogP contribution in [0.2, 0.25) is 0 Å². The number of fused-ring (bicyclic) bond motifs is 1. The molecule has 0 saturated heterocycles. The molecule has 1 atom stereocenters. The number of H-pyrrole nitrogens is 1. The minimum atomic E-state index is -0.595. The summed E-state index contributed by atoms with van der Waals surface area (Å²) < 4.78 is 0. The van der Waals surface area contributed by atoms with Crippen LogP contribution in [0.1, 0.15) is 23.9 Å². The van der Waals surface area contributed by atoms with Crippen LogP contribution in [0.4, 0.5) is 0 Å². The Balaban J connectivity index is 2.38. The lowest BCUT2D eigenvalue weighted by Crippen LogP contribution is -2.07. The number of hydrogen-bond acceptors (Lipinski definition) is 3. The van der Waals surface area contributed by atoms with Crippen molar-refractivity contribution in [1.82, 2.24) is 9.97 Å². The lowest BCUT2D eigenvalue weighted by atomic mass is 10.2. The molecule has 0 spiro atoms. The fourth-order valence-electron chi connectivity index (χ4n) is 1.60. The molecule has 15 heavy (non-hydrogen) atoms. The van der Waals surface area contributed by atoms with Crippen molar-refractivity contribution in [3.05, 3.63) is 29.6 Å². The summed E-state index contributed by atoms with van der Waals surface area (Å²) in [7, 11) is 0. The van der Waals surface area contributed by atoms with Gasteiger partial charge in [-0.2, -0.15) is 0 Å². The van der Waals surface area contributed by atoms with Gasteiger partial charge in [0, 0.05) is 0 Å². The Morgan fingerprint density at radius 3 is 3.07 bits per heavy atom. The highest BCUT2D eigenvalue weighted by molar-refractivity contribution is 5.75. The van der Waals surface area contributed by atoms with Gasteiger partial charge >= 0.3 is 0 Å². The van der Waals surface area contributed by atoms with Gasteiger partial charge in [0.2, 0.25) is 0 Å². The van der Waals surface area contributed by atoms with E-state index in [1.54, 1.807) is 0 Å². The molecule has 80 valence electrons. The van der Waals surface area contributed by atoms with Crippen LogP contribution in [0.15, 0.2) is 18.2 Å². The first-order chi connectivity index (χ1) is 7.20. The van der Waals surface area contributed by atoms with E-state index in [4.69, 9.17) is 5.73 Å². The molecule has 0 saturated carbocycles. The van der Waals surface area contributed by atoms with Gasteiger partial charge in [-0.1, -0.05) is 6.07 Å². The second-order valence-corrected chi connectivity index (χ2v) is 3.74. The highest BCUT2D eigenvalue weighted by Crippen LogP contribution is 2.18. The Morgan fingerprint density at radius 2 is 2.33 bits per heavy atom. The van der Waals surface area contributed by atoms with E-state index in [9.17, 15) is 5.11 Å². The normalized spacial score (nSPS) is 13.3. The fraction of sp³-hybridized carbons (Fsp3) is 0.364. The zero-order chi connectivity index (χ0) is 10.8. The van der Waals surface area contributed by atoms with Crippen LogP contribution in [-0.2, 0) is 0 Å². The van der Waals surface area contributed by atoms with Gasteiger partial charge in [0.1, 0.15) is 11.9 Å². The van der Waals surface area contributed by atoms with E-state index < -0.39 is 6.10 Å². The minimum absolute atomic E-state index is 0.456. The number of nitrogens with two attached hydrogens (primary N) is 1. The third-order valence-corrected chi connectivity index (χ3v) is 2.41. The molecule has 1 aromatic carbocycles. The summed E-state index contributed by atoms with van der Waals surface area (Å²) in [5, 5.41) is 9.72. The van der Waals surface area contributed by atoms with Crippen LogP contribution in [0.3, 0.4) is 0 Å². The summed E-state index contributed by atoms with van der Waals surface area (Å²) in [6, 6.07) is 5.96. The van der Waals surface area contributed by atoms with Crippen LogP contribution in [0.5, 0.6) is 0 Å². The van der Waals surface area contributed by atoms with Gasteiger partial charge in [-0.25, -0.2) is 4.98 Å². The highest BCUT2D eigenvalue weighted by atomic mass is 16.3. The molecule has 0 aliphatic heterocycles. The van der Waals surface area contributed by atoms with Gasteiger partial charge in [-0.05, 0) is 37.6 Å². The topological polar surface area (TPSA) is 74.9 Å². The SMILES string of the molecule is Cc1ccc2nc(C(O)CCN)[nH]c2c1. The molecule has 1 unspecified atom stereocenters. The average molecular weight is 205 g/mol. The second-order valence-electron chi connectivity index (χ2n) is 3.74. The Bertz CT molecular complexity index is 464. The van der Waals surface area contributed by atoms with Crippen LogP contribution in [0, 0.1) is 6.92 Å². The quantitative estimate of drug-likeness (QED) is 0.706. The van der Waals surface area contributed by atoms with Gasteiger partial charge in [-0.3, -0.25) is 0 Å². The molecular weight excluding hydrogens is 190 g/mol. The van der Waals surface area contributed by atoms with Crippen LogP contribution < -0.4 is 5.73 Å². The number of benzene rings is 1. The van der Waals surface area contributed by atoms with E-state index in [-0.39, 0.29) is 0 Å². The van der Waals surface area contributed by atoms with Crippen molar-refractivity contribution in [2.75, 3.05) is 6.54 Å². The van der Waals surface area contributed by atoms with Gasteiger partial charge in [0.05, 0.1) is 11.0 Å². The predicted octanol–water partition coefficient (Wildman–Crippen LogP) is 1.25. The minimum Gasteiger partial charge on any atom is -0.385 e. The molecule has 4 N–H and O–H groups in total. The summed E-state index contributed by atoms with van der Waals surface area (Å²) in [5.41, 5.74) is 8.40. The van der Waals surface area contributed by atoms with E-state index in [1.807, 2.05) is 25.1 Å². The van der Waals surface area contributed by atoms with E-state index in [2.05, 4.69) is 9.97 Å². The van der Waals surface area contributed by atoms with Crippen molar-refractivity contribution in [2.45, 2.75) is 19.4 Å². The zero-order valence-electron chi connectivity index (χ0n) is 8.70. The largest absolute Gasteiger partial charge is 0.385 e. The lowest BCUT2D eigenvalue weighted by Gasteiger charge is -2.03. The first-order valence-corrected chi connectivity index (χ1v) is 5.05. The molecule has 0 fully saturated rings. The van der Waals surface area contributed by atoms with Crippen LogP contribution >= 0.6 is 0 Å². The molecule has 4 nitrogen and oxygen atoms in total. The third kappa shape index (κ3) is 2.00. The van der Waals surface area contributed by atoms with Crippen molar-refractivity contribution in [1.29, 1.82) is 0 Å².